The molecule has 2 unspecified atom stereocenters. The van der Waals surface area contributed by atoms with Gasteiger partial charge in [-0.15, -0.1) is 0 Å². The quantitative estimate of drug-likeness (QED) is 0.866. The maximum absolute atomic E-state index is 12.0. The van der Waals surface area contributed by atoms with Gasteiger partial charge in [-0.2, -0.15) is 0 Å². The van der Waals surface area contributed by atoms with Crippen LogP contribution >= 0.6 is 0 Å². The fraction of sp³-hybridized carbons (Fsp3) is 0.500. The van der Waals surface area contributed by atoms with Crippen molar-refractivity contribution in [3.8, 4) is 5.75 Å². The molecule has 0 radical (unpaired) electrons. The van der Waals surface area contributed by atoms with E-state index >= 15 is 0 Å². The summed E-state index contributed by atoms with van der Waals surface area (Å²) in [7, 11) is -3.50. The number of hydrogen-bond acceptors (Lipinski definition) is 3. The van der Waals surface area contributed by atoms with Crippen LogP contribution in [0.4, 0.5) is 0 Å². The molecule has 1 saturated carbocycles. The van der Waals surface area contributed by atoms with Crippen molar-refractivity contribution in [1.82, 2.24) is 4.72 Å². The fourth-order valence-corrected chi connectivity index (χ4v) is 3.57. The van der Waals surface area contributed by atoms with Gasteiger partial charge in [0.25, 0.3) is 0 Å². The molecule has 1 aliphatic rings. The molecular formula is C12H17NO3S. The zero-order valence-electron chi connectivity index (χ0n) is 9.76. The van der Waals surface area contributed by atoms with Crippen molar-refractivity contribution < 1.29 is 13.5 Å². The second-order valence-electron chi connectivity index (χ2n) is 4.73. The molecule has 0 spiro atoms. The van der Waals surface area contributed by atoms with Crippen molar-refractivity contribution in [2.24, 2.45) is 5.92 Å². The molecule has 17 heavy (non-hydrogen) atoms. The van der Waals surface area contributed by atoms with Crippen LogP contribution in [0.3, 0.4) is 0 Å². The van der Waals surface area contributed by atoms with Crippen LogP contribution in [0.1, 0.15) is 26.2 Å². The molecule has 1 aromatic carbocycles. The zero-order chi connectivity index (χ0) is 12.5. The molecule has 0 bridgehead atoms. The largest absolute Gasteiger partial charge is 0.508 e. The summed E-state index contributed by atoms with van der Waals surface area (Å²) < 4.78 is 26.7. The summed E-state index contributed by atoms with van der Waals surface area (Å²) >= 11 is 0. The van der Waals surface area contributed by atoms with Crippen LogP contribution in [0.15, 0.2) is 29.2 Å². The molecule has 2 atom stereocenters. The molecule has 5 heteroatoms. The van der Waals surface area contributed by atoms with Crippen molar-refractivity contribution >= 4 is 10.0 Å². The van der Waals surface area contributed by atoms with Gasteiger partial charge in [-0.05, 0) is 43.4 Å². The Morgan fingerprint density at radius 1 is 1.35 bits per heavy atom. The Morgan fingerprint density at radius 3 is 2.71 bits per heavy atom. The monoisotopic (exact) mass is 255 g/mol. The minimum atomic E-state index is -3.50. The Kier molecular flexibility index (Phi) is 3.40. The van der Waals surface area contributed by atoms with Crippen molar-refractivity contribution in [3.63, 3.8) is 0 Å². The molecule has 0 heterocycles. The third-order valence-electron chi connectivity index (χ3n) is 3.14. The molecule has 1 aromatic rings. The van der Waals surface area contributed by atoms with E-state index in [1.165, 1.54) is 24.3 Å². The molecule has 2 rings (SSSR count). The number of nitrogens with one attached hydrogen (secondary N) is 1. The molecule has 2 N–H and O–H groups in total. The maximum Gasteiger partial charge on any atom is 0.240 e. The van der Waals surface area contributed by atoms with Crippen molar-refractivity contribution in [2.75, 3.05) is 0 Å². The second-order valence-corrected chi connectivity index (χ2v) is 6.45. The zero-order valence-corrected chi connectivity index (χ0v) is 10.6. The number of phenols is 1. The summed E-state index contributed by atoms with van der Waals surface area (Å²) in [5.41, 5.74) is 0. The van der Waals surface area contributed by atoms with Gasteiger partial charge in [0.15, 0.2) is 0 Å². The molecule has 1 fully saturated rings. The predicted octanol–water partition coefficient (Wildman–Crippen LogP) is 1.86. The van der Waals surface area contributed by atoms with Crippen molar-refractivity contribution in [3.05, 3.63) is 24.3 Å². The van der Waals surface area contributed by atoms with Gasteiger partial charge >= 0.3 is 0 Å². The maximum atomic E-state index is 12.0. The minimum absolute atomic E-state index is 0.0253. The van der Waals surface area contributed by atoms with Crippen LogP contribution in [-0.4, -0.2) is 19.6 Å². The first-order valence-corrected chi connectivity index (χ1v) is 7.27. The Bertz CT molecular complexity index is 498. The van der Waals surface area contributed by atoms with Crippen LogP contribution < -0.4 is 4.72 Å². The van der Waals surface area contributed by atoms with E-state index < -0.39 is 10.0 Å². The van der Waals surface area contributed by atoms with E-state index in [0.717, 1.165) is 19.3 Å². The highest BCUT2D eigenvalue weighted by molar-refractivity contribution is 7.89. The first-order valence-electron chi connectivity index (χ1n) is 5.79. The fourth-order valence-electron chi connectivity index (χ4n) is 2.25. The normalized spacial score (nSPS) is 25.0. The number of aromatic hydroxyl groups is 1. The number of hydrogen-bond donors (Lipinski definition) is 2. The Labute approximate surface area is 102 Å². The van der Waals surface area contributed by atoms with E-state index in [9.17, 15) is 13.5 Å². The molecule has 4 nitrogen and oxygen atoms in total. The highest BCUT2D eigenvalue weighted by atomic mass is 32.2. The Balaban J connectivity index is 2.14. The van der Waals surface area contributed by atoms with E-state index in [0.29, 0.717) is 5.92 Å². The lowest BCUT2D eigenvalue weighted by atomic mass is 10.1. The van der Waals surface area contributed by atoms with Gasteiger partial charge in [0.2, 0.25) is 10.0 Å². The number of rotatable bonds is 3. The van der Waals surface area contributed by atoms with Gasteiger partial charge in [-0.1, -0.05) is 13.0 Å². The highest BCUT2D eigenvalue weighted by Crippen LogP contribution is 2.26. The third kappa shape index (κ3) is 2.98. The van der Waals surface area contributed by atoms with Crippen molar-refractivity contribution in [1.29, 1.82) is 0 Å². The SMILES string of the molecule is CC1CCC(NS(=O)(=O)c2cccc(O)c2)C1. The highest BCUT2D eigenvalue weighted by Gasteiger charge is 2.26. The van der Waals surface area contributed by atoms with Gasteiger partial charge in [0, 0.05) is 6.04 Å². The molecule has 0 aliphatic heterocycles. The van der Waals surface area contributed by atoms with Crippen molar-refractivity contribution in [2.45, 2.75) is 37.1 Å². The Hall–Kier alpha value is -1.07. The predicted molar refractivity (Wildman–Crippen MR) is 65.2 cm³/mol. The van der Waals surface area contributed by atoms with Crippen LogP contribution in [0.2, 0.25) is 0 Å². The number of benzene rings is 1. The topological polar surface area (TPSA) is 66.4 Å². The summed E-state index contributed by atoms with van der Waals surface area (Å²) in [6.07, 6.45) is 2.84. The van der Waals surface area contributed by atoms with E-state index in [-0.39, 0.29) is 16.7 Å². The van der Waals surface area contributed by atoms with E-state index in [1.54, 1.807) is 0 Å². The van der Waals surface area contributed by atoms with Crippen LogP contribution in [-0.2, 0) is 10.0 Å². The van der Waals surface area contributed by atoms with E-state index in [4.69, 9.17) is 0 Å². The van der Waals surface area contributed by atoms with Gasteiger partial charge in [0.05, 0.1) is 4.90 Å². The van der Waals surface area contributed by atoms with Gasteiger partial charge < -0.3 is 5.11 Å². The summed E-state index contributed by atoms with van der Waals surface area (Å²) in [5, 5.41) is 9.29. The van der Waals surface area contributed by atoms with E-state index in [2.05, 4.69) is 11.6 Å². The summed E-state index contributed by atoms with van der Waals surface area (Å²) in [6, 6.07) is 5.76. The number of phenolic OH excluding ortho intramolecular Hbond substituents is 1. The Morgan fingerprint density at radius 2 is 2.12 bits per heavy atom. The van der Waals surface area contributed by atoms with Crippen LogP contribution in [0.25, 0.3) is 0 Å². The van der Waals surface area contributed by atoms with Crippen LogP contribution in [0, 0.1) is 5.92 Å². The minimum Gasteiger partial charge on any atom is -0.508 e. The van der Waals surface area contributed by atoms with Gasteiger partial charge in [0.1, 0.15) is 5.75 Å². The molecule has 0 saturated heterocycles. The standard InChI is InChI=1S/C12H17NO3S/c1-9-5-6-10(7-9)13-17(15,16)12-4-2-3-11(14)8-12/h2-4,8-10,13-14H,5-7H2,1H3. The first-order chi connectivity index (χ1) is 7.97. The smallest absolute Gasteiger partial charge is 0.240 e. The third-order valence-corrected chi connectivity index (χ3v) is 4.66. The molecule has 0 aromatic heterocycles. The van der Waals surface area contributed by atoms with Gasteiger partial charge in [-0.3, -0.25) is 0 Å². The lowest BCUT2D eigenvalue weighted by Gasteiger charge is -2.13. The summed E-state index contributed by atoms with van der Waals surface area (Å²) in [6.45, 7) is 2.13. The molecule has 1 aliphatic carbocycles. The average Bonchev–Trinajstić information content (AvgIpc) is 2.63. The summed E-state index contributed by atoms with van der Waals surface area (Å²) in [4.78, 5) is 0.122. The number of sulfonamides is 1. The molecule has 94 valence electrons. The first kappa shape index (κ1) is 12.4. The lowest BCUT2D eigenvalue weighted by molar-refractivity contribution is 0.472. The van der Waals surface area contributed by atoms with E-state index in [1.807, 2.05) is 0 Å². The average molecular weight is 255 g/mol. The van der Waals surface area contributed by atoms with Crippen LogP contribution in [0.5, 0.6) is 5.75 Å². The lowest BCUT2D eigenvalue weighted by Crippen LogP contribution is -2.32. The second kappa shape index (κ2) is 4.66. The summed E-state index contributed by atoms with van der Waals surface area (Å²) in [5.74, 6) is 0.541. The molecule has 0 amide bonds. The van der Waals surface area contributed by atoms with Gasteiger partial charge in [-0.25, -0.2) is 13.1 Å². The molecular weight excluding hydrogens is 238 g/mol.